The Bertz CT molecular complexity index is 561. The average molecular weight is 245 g/mol. The fourth-order valence-electron chi connectivity index (χ4n) is 1.91. The SMILES string of the molecule is COc1cc(N)ccc1-c1nc(CC2CC2)no1. The van der Waals surface area contributed by atoms with E-state index < -0.39 is 0 Å². The summed E-state index contributed by atoms with van der Waals surface area (Å²) in [5.74, 6) is 2.65. The van der Waals surface area contributed by atoms with Crippen molar-refractivity contribution in [2.45, 2.75) is 19.3 Å². The average Bonchev–Trinajstić information content (AvgIpc) is 3.06. The Balaban J connectivity index is 1.90. The van der Waals surface area contributed by atoms with E-state index in [2.05, 4.69) is 10.1 Å². The molecule has 0 radical (unpaired) electrons. The lowest BCUT2D eigenvalue weighted by Gasteiger charge is -2.05. The Morgan fingerprint density at radius 2 is 2.28 bits per heavy atom. The zero-order valence-corrected chi connectivity index (χ0v) is 10.2. The standard InChI is InChI=1S/C13H15N3O2/c1-17-11-7-9(14)4-5-10(11)13-15-12(16-18-13)6-8-2-3-8/h4-5,7-8H,2-3,6,14H2,1H3. The van der Waals surface area contributed by atoms with Crippen molar-refractivity contribution in [3.63, 3.8) is 0 Å². The molecule has 0 bridgehead atoms. The number of anilines is 1. The van der Waals surface area contributed by atoms with Crippen LogP contribution in [0.15, 0.2) is 22.7 Å². The molecule has 0 unspecified atom stereocenters. The largest absolute Gasteiger partial charge is 0.496 e. The van der Waals surface area contributed by atoms with Gasteiger partial charge in [-0.05, 0) is 30.9 Å². The molecule has 1 aromatic heterocycles. The Hall–Kier alpha value is -2.04. The number of methoxy groups -OCH3 is 1. The molecule has 2 aromatic rings. The highest BCUT2D eigenvalue weighted by Gasteiger charge is 2.24. The molecule has 5 nitrogen and oxygen atoms in total. The van der Waals surface area contributed by atoms with Gasteiger partial charge in [0, 0.05) is 18.2 Å². The van der Waals surface area contributed by atoms with Crippen molar-refractivity contribution < 1.29 is 9.26 Å². The molecule has 0 amide bonds. The maximum absolute atomic E-state index is 5.71. The number of benzene rings is 1. The van der Waals surface area contributed by atoms with E-state index in [1.54, 1.807) is 19.2 Å². The molecule has 1 aliphatic carbocycles. The highest BCUT2D eigenvalue weighted by atomic mass is 16.5. The summed E-state index contributed by atoms with van der Waals surface area (Å²) >= 11 is 0. The number of ether oxygens (including phenoxy) is 1. The van der Waals surface area contributed by atoms with Crippen LogP contribution in [0.4, 0.5) is 5.69 Å². The summed E-state index contributed by atoms with van der Waals surface area (Å²) in [6, 6.07) is 5.38. The third kappa shape index (κ3) is 2.16. The van der Waals surface area contributed by atoms with Gasteiger partial charge in [0.15, 0.2) is 5.82 Å². The molecule has 1 heterocycles. The fourth-order valence-corrected chi connectivity index (χ4v) is 1.91. The number of nitrogens with two attached hydrogens (primary N) is 1. The van der Waals surface area contributed by atoms with Gasteiger partial charge in [0.1, 0.15) is 5.75 Å². The van der Waals surface area contributed by atoms with E-state index >= 15 is 0 Å². The zero-order chi connectivity index (χ0) is 12.5. The molecule has 3 rings (SSSR count). The van der Waals surface area contributed by atoms with Crippen LogP contribution in [-0.4, -0.2) is 17.3 Å². The second-order valence-electron chi connectivity index (χ2n) is 4.62. The second kappa shape index (κ2) is 4.33. The van der Waals surface area contributed by atoms with E-state index in [0.717, 1.165) is 23.7 Å². The van der Waals surface area contributed by atoms with Crippen LogP contribution in [0.2, 0.25) is 0 Å². The summed E-state index contributed by atoms with van der Waals surface area (Å²) in [7, 11) is 1.60. The van der Waals surface area contributed by atoms with Gasteiger partial charge in [-0.25, -0.2) is 0 Å². The predicted octanol–water partition coefficient (Wildman–Crippen LogP) is 2.28. The molecule has 0 spiro atoms. The van der Waals surface area contributed by atoms with Crippen molar-refractivity contribution in [2.75, 3.05) is 12.8 Å². The Kier molecular flexibility index (Phi) is 2.66. The Morgan fingerprint density at radius 1 is 1.44 bits per heavy atom. The van der Waals surface area contributed by atoms with Crippen LogP contribution in [0.5, 0.6) is 5.75 Å². The highest BCUT2D eigenvalue weighted by molar-refractivity contribution is 5.66. The van der Waals surface area contributed by atoms with E-state index in [0.29, 0.717) is 17.3 Å². The van der Waals surface area contributed by atoms with Crippen LogP contribution >= 0.6 is 0 Å². The van der Waals surface area contributed by atoms with Crippen LogP contribution in [-0.2, 0) is 6.42 Å². The Labute approximate surface area is 105 Å². The zero-order valence-electron chi connectivity index (χ0n) is 10.2. The molecule has 5 heteroatoms. The van der Waals surface area contributed by atoms with Gasteiger partial charge in [-0.2, -0.15) is 4.98 Å². The van der Waals surface area contributed by atoms with Gasteiger partial charge in [-0.1, -0.05) is 5.16 Å². The Morgan fingerprint density at radius 3 is 3.00 bits per heavy atom. The van der Waals surface area contributed by atoms with Crippen molar-refractivity contribution in [3.05, 3.63) is 24.0 Å². The third-order valence-electron chi connectivity index (χ3n) is 3.09. The molecule has 1 aromatic carbocycles. The summed E-state index contributed by atoms with van der Waals surface area (Å²) in [6.07, 6.45) is 3.45. The van der Waals surface area contributed by atoms with Gasteiger partial charge in [0.25, 0.3) is 5.89 Å². The summed E-state index contributed by atoms with van der Waals surface area (Å²) < 4.78 is 10.6. The number of rotatable bonds is 4. The molecule has 0 saturated heterocycles. The van der Waals surface area contributed by atoms with Crippen molar-refractivity contribution in [3.8, 4) is 17.2 Å². The van der Waals surface area contributed by atoms with Crippen molar-refractivity contribution in [1.29, 1.82) is 0 Å². The molecular weight excluding hydrogens is 230 g/mol. The predicted molar refractivity (Wildman–Crippen MR) is 67.1 cm³/mol. The fraction of sp³-hybridized carbons (Fsp3) is 0.385. The van der Waals surface area contributed by atoms with E-state index in [9.17, 15) is 0 Å². The first-order chi connectivity index (χ1) is 8.76. The second-order valence-corrected chi connectivity index (χ2v) is 4.62. The lowest BCUT2D eigenvalue weighted by Crippen LogP contribution is -1.92. The maximum Gasteiger partial charge on any atom is 0.261 e. The number of aromatic nitrogens is 2. The normalized spacial score (nSPS) is 14.7. The van der Waals surface area contributed by atoms with Crippen molar-refractivity contribution in [2.24, 2.45) is 5.92 Å². The molecule has 1 fully saturated rings. The number of nitrogen functional groups attached to an aromatic ring is 1. The number of nitrogens with zero attached hydrogens (tertiary/aromatic N) is 2. The smallest absolute Gasteiger partial charge is 0.261 e. The van der Waals surface area contributed by atoms with Gasteiger partial charge in [0.2, 0.25) is 0 Å². The van der Waals surface area contributed by atoms with Crippen molar-refractivity contribution >= 4 is 5.69 Å². The minimum Gasteiger partial charge on any atom is -0.496 e. The van der Waals surface area contributed by atoms with Crippen LogP contribution in [0.1, 0.15) is 18.7 Å². The lowest BCUT2D eigenvalue weighted by atomic mass is 10.2. The molecule has 0 atom stereocenters. The maximum atomic E-state index is 5.71. The van der Waals surface area contributed by atoms with E-state index in [-0.39, 0.29) is 0 Å². The van der Waals surface area contributed by atoms with E-state index in [1.165, 1.54) is 12.8 Å². The topological polar surface area (TPSA) is 74.2 Å². The van der Waals surface area contributed by atoms with Crippen LogP contribution in [0, 0.1) is 5.92 Å². The summed E-state index contributed by atoms with van der Waals surface area (Å²) in [5, 5.41) is 4.00. The van der Waals surface area contributed by atoms with Gasteiger partial charge in [0.05, 0.1) is 12.7 Å². The minimum absolute atomic E-state index is 0.488. The van der Waals surface area contributed by atoms with Gasteiger partial charge in [-0.3, -0.25) is 0 Å². The first kappa shape index (κ1) is 11.1. The number of hydrogen-bond donors (Lipinski definition) is 1. The molecule has 0 aliphatic heterocycles. The quantitative estimate of drug-likeness (QED) is 0.836. The molecule has 18 heavy (non-hydrogen) atoms. The van der Waals surface area contributed by atoms with Crippen molar-refractivity contribution in [1.82, 2.24) is 10.1 Å². The molecular formula is C13H15N3O2. The summed E-state index contributed by atoms with van der Waals surface area (Å²) in [4.78, 5) is 4.40. The van der Waals surface area contributed by atoms with Gasteiger partial charge >= 0.3 is 0 Å². The van der Waals surface area contributed by atoms with Crippen LogP contribution in [0.25, 0.3) is 11.5 Å². The first-order valence-corrected chi connectivity index (χ1v) is 6.02. The van der Waals surface area contributed by atoms with Crippen LogP contribution in [0.3, 0.4) is 0 Å². The summed E-state index contributed by atoms with van der Waals surface area (Å²) in [5.41, 5.74) is 7.14. The number of hydrogen-bond acceptors (Lipinski definition) is 5. The third-order valence-corrected chi connectivity index (χ3v) is 3.09. The van der Waals surface area contributed by atoms with E-state index in [1.807, 2.05) is 6.07 Å². The minimum atomic E-state index is 0.488. The molecule has 1 saturated carbocycles. The molecule has 94 valence electrons. The monoisotopic (exact) mass is 245 g/mol. The van der Waals surface area contributed by atoms with Crippen LogP contribution < -0.4 is 10.5 Å². The van der Waals surface area contributed by atoms with E-state index in [4.69, 9.17) is 15.0 Å². The molecule has 2 N–H and O–H groups in total. The van der Waals surface area contributed by atoms with Gasteiger partial charge in [-0.15, -0.1) is 0 Å². The van der Waals surface area contributed by atoms with Gasteiger partial charge < -0.3 is 15.0 Å². The lowest BCUT2D eigenvalue weighted by molar-refractivity contribution is 0.402. The highest BCUT2D eigenvalue weighted by Crippen LogP contribution is 2.34. The first-order valence-electron chi connectivity index (χ1n) is 6.02. The summed E-state index contributed by atoms with van der Waals surface area (Å²) in [6.45, 7) is 0. The molecule has 1 aliphatic rings.